The van der Waals surface area contributed by atoms with Gasteiger partial charge >= 0.3 is 5.82 Å². The molecule has 1 aromatic carbocycles. The first-order valence-electron chi connectivity index (χ1n) is 4.89. The van der Waals surface area contributed by atoms with Crippen LogP contribution < -0.4 is 5.82 Å². The zero-order chi connectivity index (χ0) is 11.5. The van der Waals surface area contributed by atoms with E-state index in [2.05, 4.69) is 14.1 Å². The van der Waals surface area contributed by atoms with E-state index < -0.39 is 5.82 Å². The Kier molecular flexibility index (Phi) is 2.76. The summed E-state index contributed by atoms with van der Waals surface area (Å²) in [4.78, 5) is 10.6. The van der Waals surface area contributed by atoms with E-state index in [0.717, 1.165) is 11.1 Å². The number of nitrogens with zero attached hydrogens (tertiary/aromatic N) is 1. The normalized spacial score (nSPS) is 10.6. The Morgan fingerprint density at radius 3 is 2.81 bits per heavy atom. The van der Waals surface area contributed by atoms with Crippen LogP contribution in [0.25, 0.3) is 0 Å². The Morgan fingerprint density at radius 1 is 1.38 bits per heavy atom. The molecule has 0 aliphatic rings. The minimum Gasteiger partial charge on any atom is -0.508 e. The molecule has 0 atom stereocenters. The number of benzene rings is 1. The first-order chi connectivity index (χ1) is 7.65. The summed E-state index contributed by atoms with van der Waals surface area (Å²) < 4.78 is 8.92. The number of aryl methyl sites for hydroxylation is 3. The summed E-state index contributed by atoms with van der Waals surface area (Å²) in [5, 5.41) is 13.1. The van der Waals surface area contributed by atoms with Crippen LogP contribution in [-0.4, -0.2) is 10.3 Å². The van der Waals surface area contributed by atoms with Gasteiger partial charge in [-0.05, 0) is 35.7 Å². The minimum absolute atomic E-state index is 0.241. The molecule has 0 saturated heterocycles. The molecule has 2 aromatic rings. The quantitative estimate of drug-likeness (QED) is 0.848. The highest BCUT2D eigenvalue weighted by Gasteiger charge is 2.06. The van der Waals surface area contributed by atoms with Crippen molar-refractivity contribution in [3.63, 3.8) is 0 Å². The molecule has 1 aromatic heterocycles. The van der Waals surface area contributed by atoms with Crippen LogP contribution in [0.2, 0.25) is 0 Å². The zero-order valence-electron chi connectivity index (χ0n) is 8.77. The predicted octanol–water partition coefficient (Wildman–Crippen LogP) is 1.43. The second-order valence-electron chi connectivity index (χ2n) is 3.56. The number of phenols is 1. The largest absolute Gasteiger partial charge is 0.542 e. The van der Waals surface area contributed by atoms with Crippen LogP contribution in [0.5, 0.6) is 5.75 Å². The van der Waals surface area contributed by atoms with Crippen LogP contribution in [0.15, 0.2) is 31.9 Å². The van der Waals surface area contributed by atoms with E-state index in [9.17, 15) is 9.90 Å². The zero-order valence-corrected chi connectivity index (χ0v) is 8.77. The van der Waals surface area contributed by atoms with Crippen LogP contribution in [0.4, 0.5) is 0 Å². The highest BCUT2D eigenvalue weighted by molar-refractivity contribution is 5.36. The average Bonchev–Trinajstić information content (AvgIpc) is 2.63. The third-order valence-electron chi connectivity index (χ3n) is 2.27. The predicted molar refractivity (Wildman–Crippen MR) is 55.3 cm³/mol. The van der Waals surface area contributed by atoms with Crippen molar-refractivity contribution < 1.29 is 14.0 Å². The fourth-order valence-electron chi connectivity index (χ4n) is 1.45. The van der Waals surface area contributed by atoms with Gasteiger partial charge in [-0.3, -0.25) is 4.52 Å². The monoisotopic (exact) mass is 221 g/mol. The maximum atomic E-state index is 10.6. The van der Waals surface area contributed by atoms with Gasteiger partial charge in [-0.1, -0.05) is 12.1 Å². The number of aromatic nitrogens is 1. The average molecular weight is 221 g/mol. The maximum Gasteiger partial charge on any atom is 0.542 e. The van der Waals surface area contributed by atoms with E-state index in [-0.39, 0.29) is 11.6 Å². The van der Waals surface area contributed by atoms with Gasteiger partial charge in [-0.15, -0.1) is 0 Å². The van der Waals surface area contributed by atoms with Crippen LogP contribution in [-0.2, 0) is 12.8 Å². The van der Waals surface area contributed by atoms with Crippen molar-refractivity contribution in [1.29, 1.82) is 0 Å². The molecule has 84 valence electrons. The Hall–Kier alpha value is -2.04. The number of hydrogen-bond acceptors (Lipinski definition) is 5. The molecule has 0 bridgehead atoms. The number of phenolic OH excluding ortho intramolecular Hbond substituents is 1. The third kappa shape index (κ3) is 2.31. The molecule has 5 nitrogen and oxygen atoms in total. The number of aromatic hydroxyl groups is 1. The smallest absolute Gasteiger partial charge is 0.508 e. The van der Waals surface area contributed by atoms with Crippen molar-refractivity contribution >= 4 is 0 Å². The molecule has 2 rings (SSSR count). The molecular formula is C11H11NO4. The fourth-order valence-corrected chi connectivity index (χ4v) is 1.45. The van der Waals surface area contributed by atoms with Crippen molar-refractivity contribution in [2.75, 3.05) is 0 Å². The SMILES string of the molecule is Cc1ccc(CCc2noc(=O)o2)c(O)c1. The molecule has 0 radical (unpaired) electrons. The van der Waals surface area contributed by atoms with Gasteiger partial charge in [-0.25, -0.2) is 4.79 Å². The maximum absolute atomic E-state index is 10.6. The van der Waals surface area contributed by atoms with Gasteiger partial charge in [0.1, 0.15) is 5.75 Å². The molecule has 0 amide bonds. The number of rotatable bonds is 3. The molecule has 1 heterocycles. The van der Waals surface area contributed by atoms with Gasteiger partial charge in [0.15, 0.2) is 0 Å². The lowest BCUT2D eigenvalue weighted by Crippen LogP contribution is -1.93. The van der Waals surface area contributed by atoms with Crippen molar-refractivity contribution in [3.05, 3.63) is 45.8 Å². The summed E-state index contributed by atoms with van der Waals surface area (Å²) >= 11 is 0. The summed E-state index contributed by atoms with van der Waals surface area (Å²) in [5.74, 6) is -0.320. The second kappa shape index (κ2) is 4.22. The molecule has 16 heavy (non-hydrogen) atoms. The molecule has 0 fully saturated rings. The van der Waals surface area contributed by atoms with Crippen molar-refractivity contribution in [2.24, 2.45) is 0 Å². The van der Waals surface area contributed by atoms with Crippen LogP contribution in [0.1, 0.15) is 17.0 Å². The minimum atomic E-state index is -0.803. The molecule has 0 aliphatic carbocycles. The van der Waals surface area contributed by atoms with Crippen LogP contribution in [0, 0.1) is 6.92 Å². The highest BCUT2D eigenvalue weighted by Crippen LogP contribution is 2.19. The summed E-state index contributed by atoms with van der Waals surface area (Å²) in [6.45, 7) is 1.90. The van der Waals surface area contributed by atoms with Gasteiger partial charge in [0, 0.05) is 6.42 Å². The van der Waals surface area contributed by atoms with Gasteiger partial charge in [0.2, 0.25) is 5.89 Å². The highest BCUT2D eigenvalue weighted by atomic mass is 16.6. The lowest BCUT2D eigenvalue weighted by atomic mass is 10.1. The molecule has 0 aliphatic heterocycles. The van der Waals surface area contributed by atoms with Crippen LogP contribution in [0.3, 0.4) is 0 Å². The topological polar surface area (TPSA) is 76.5 Å². The lowest BCUT2D eigenvalue weighted by Gasteiger charge is -2.03. The van der Waals surface area contributed by atoms with Gasteiger partial charge in [0.25, 0.3) is 0 Å². The summed E-state index contributed by atoms with van der Waals surface area (Å²) in [6, 6.07) is 5.44. The molecule has 0 spiro atoms. The van der Waals surface area contributed by atoms with Gasteiger partial charge in [-0.2, -0.15) is 0 Å². The first kappa shape index (κ1) is 10.5. The molecule has 0 saturated carbocycles. The Morgan fingerprint density at radius 2 is 2.19 bits per heavy atom. The second-order valence-corrected chi connectivity index (χ2v) is 3.56. The molecule has 1 N–H and O–H groups in total. The van der Waals surface area contributed by atoms with E-state index in [1.807, 2.05) is 19.1 Å². The summed E-state index contributed by atoms with van der Waals surface area (Å²) in [7, 11) is 0. The van der Waals surface area contributed by atoms with E-state index in [1.165, 1.54) is 0 Å². The third-order valence-corrected chi connectivity index (χ3v) is 2.27. The molecule has 0 unspecified atom stereocenters. The fraction of sp³-hybridized carbons (Fsp3) is 0.273. The van der Waals surface area contributed by atoms with Crippen molar-refractivity contribution in [1.82, 2.24) is 5.16 Å². The Labute approximate surface area is 91.3 Å². The molecular weight excluding hydrogens is 210 g/mol. The summed E-state index contributed by atoms with van der Waals surface area (Å²) in [5.41, 5.74) is 1.78. The lowest BCUT2D eigenvalue weighted by molar-refractivity contribution is 0.334. The van der Waals surface area contributed by atoms with Gasteiger partial charge in [0.05, 0.1) is 0 Å². The Bertz CT molecular complexity index is 541. The van der Waals surface area contributed by atoms with Crippen LogP contribution >= 0.6 is 0 Å². The van der Waals surface area contributed by atoms with E-state index in [1.54, 1.807) is 6.07 Å². The van der Waals surface area contributed by atoms with E-state index >= 15 is 0 Å². The number of hydrogen-bond donors (Lipinski definition) is 1. The van der Waals surface area contributed by atoms with Crippen molar-refractivity contribution in [3.8, 4) is 5.75 Å². The first-order valence-corrected chi connectivity index (χ1v) is 4.89. The summed E-state index contributed by atoms with van der Waals surface area (Å²) in [6.07, 6.45) is 0.962. The van der Waals surface area contributed by atoms with E-state index in [4.69, 9.17) is 0 Å². The Balaban J connectivity index is 2.07. The standard InChI is InChI=1S/C11H11NO4/c1-7-2-3-8(9(13)6-7)4-5-10-12-16-11(14)15-10/h2-3,6,13H,4-5H2,1H3. The van der Waals surface area contributed by atoms with Crippen molar-refractivity contribution in [2.45, 2.75) is 19.8 Å². The van der Waals surface area contributed by atoms with E-state index in [0.29, 0.717) is 12.8 Å². The van der Waals surface area contributed by atoms with Gasteiger partial charge < -0.3 is 9.52 Å². The molecule has 5 heteroatoms.